The molecule has 1 aliphatic heterocycles. The molecule has 0 radical (unpaired) electrons. The molecule has 0 aliphatic carbocycles. The Morgan fingerprint density at radius 2 is 1.77 bits per heavy atom. The molecule has 1 aromatic carbocycles. The van der Waals surface area contributed by atoms with Gasteiger partial charge < -0.3 is 0 Å². The van der Waals surface area contributed by atoms with E-state index in [0.717, 1.165) is 11.1 Å². The fourth-order valence-electron chi connectivity index (χ4n) is 2.48. The maximum atomic E-state index is 12.7. The van der Waals surface area contributed by atoms with Gasteiger partial charge in [-0.15, -0.1) is 0 Å². The molecule has 4 rings (SSSR count). The number of anilines is 1. The first-order valence-electron chi connectivity index (χ1n) is 7.78. The monoisotopic (exact) mass is 376 g/mol. The zero-order chi connectivity index (χ0) is 17.9. The molecule has 1 fully saturated rings. The van der Waals surface area contributed by atoms with E-state index in [4.69, 9.17) is 12.2 Å². The number of rotatable bonds is 3. The highest BCUT2D eigenvalue weighted by Gasteiger charge is 2.33. The number of thiocarbonyl (C=S) groups is 1. The van der Waals surface area contributed by atoms with Crippen molar-refractivity contribution < 1.29 is 4.79 Å². The predicted molar refractivity (Wildman–Crippen MR) is 107 cm³/mol. The van der Waals surface area contributed by atoms with Crippen LogP contribution in [0.3, 0.4) is 0 Å². The molecule has 1 saturated heterocycles. The van der Waals surface area contributed by atoms with E-state index >= 15 is 0 Å². The van der Waals surface area contributed by atoms with Gasteiger partial charge in [-0.05, 0) is 18.2 Å². The highest BCUT2D eigenvalue weighted by Crippen LogP contribution is 2.35. The number of hydrogen-bond acceptors (Lipinski definition) is 6. The van der Waals surface area contributed by atoms with Crippen LogP contribution in [0.15, 0.2) is 72.2 Å². The van der Waals surface area contributed by atoms with Crippen molar-refractivity contribution in [2.24, 2.45) is 0 Å². The topological polar surface area (TPSA) is 59.0 Å². The van der Waals surface area contributed by atoms with E-state index in [1.807, 2.05) is 30.3 Å². The molecule has 126 valence electrons. The molecule has 2 aromatic heterocycles. The molecule has 0 unspecified atom stereocenters. The van der Waals surface area contributed by atoms with Gasteiger partial charge in [-0.2, -0.15) is 0 Å². The summed E-state index contributed by atoms with van der Waals surface area (Å²) in [5, 5.41) is 0. The van der Waals surface area contributed by atoms with Gasteiger partial charge in [-0.3, -0.25) is 14.7 Å². The van der Waals surface area contributed by atoms with E-state index in [0.29, 0.717) is 20.7 Å². The van der Waals surface area contributed by atoms with Crippen LogP contribution in [0.2, 0.25) is 0 Å². The zero-order valence-electron chi connectivity index (χ0n) is 13.4. The summed E-state index contributed by atoms with van der Waals surface area (Å²) in [6.45, 7) is 0. The van der Waals surface area contributed by atoms with Crippen LogP contribution in [-0.2, 0) is 4.79 Å². The van der Waals surface area contributed by atoms with Gasteiger partial charge in [-0.25, -0.2) is 9.97 Å². The summed E-state index contributed by atoms with van der Waals surface area (Å²) in [5.74, 6) is 0.478. The zero-order valence-corrected chi connectivity index (χ0v) is 15.1. The first kappa shape index (κ1) is 16.6. The van der Waals surface area contributed by atoms with Crippen molar-refractivity contribution in [3.63, 3.8) is 0 Å². The molecule has 7 heteroatoms. The van der Waals surface area contributed by atoms with Crippen LogP contribution in [0.4, 0.5) is 5.69 Å². The van der Waals surface area contributed by atoms with Gasteiger partial charge >= 0.3 is 0 Å². The fourth-order valence-corrected chi connectivity index (χ4v) is 3.78. The molecule has 1 aliphatic rings. The molecule has 0 saturated carbocycles. The third-order valence-corrected chi connectivity index (χ3v) is 5.00. The van der Waals surface area contributed by atoms with Crippen LogP contribution >= 0.6 is 24.0 Å². The Balaban J connectivity index is 1.59. The lowest BCUT2D eigenvalue weighted by Crippen LogP contribution is -2.27. The van der Waals surface area contributed by atoms with Crippen LogP contribution in [0, 0.1) is 0 Å². The number of hydrogen-bond donors (Lipinski definition) is 0. The number of amides is 1. The Labute approximate surface area is 159 Å². The van der Waals surface area contributed by atoms with Gasteiger partial charge in [0, 0.05) is 29.7 Å². The molecular weight excluding hydrogens is 364 g/mol. The van der Waals surface area contributed by atoms with E-state index in [-0.39, 0.29) is 5.91 Å². The van der Waals surface area contributed by atoms with Crippen molar-refractivity contribution in [3.05, 3.63) is 77.7 Å². The Morgan fingerprint density at radius 1 is 1.00 bits per heavy atom. The maximum absolute atomic E-state index is 12.7. The van der Waals surface area contributed by atoms with Gasteiger partial charge in [0.25, 0.3) is 5.91 Å². The van der Waals surface area contributed by atoms with Gasteiger partial charge in [-0.1, -0.05) is 54.3 Å². The number of carbonyl (C=O) groups is 1. The number of nitrogens with zero attached hydrogens (tertiary/aromatic N) is 4. The first-order chi connectivity index (χ1) is 12.7. The van der Waals surface area contributed by atoms with E-state index in [1.165, 1.54) is 16.7 Å². The Bertz CT molecular complexity index is 989. The van der Waals surface area contributed by atoms with Gasteiger partial charge in [0.1, 0.15) is 0 Å². The van der Waals surface area contributed by atoms with Crippen LogP contribution in [-0.4, -0.2) is 25.2 Å². The second-order valence-corrected chi connectivity index (χ2v) is 7.11. The van der Waals surface area contributed by atoms with Crippen molar-refractivity contribution in [2.75, 3.05) is 4.90 Å². The number of aromatic nitrogens is 3. The van der Waals surface area contributed by atoms with Crippen molar-refractivity contribution in [2.45, 2.75) is 0 Å². The molecule has 26 heavy (non-hydrogen) atoms. The average molecular weight is 376 g/mol. The second-order valence-electron chi connectivity index (χ2n) is 5.43. The lowest BCUT2D eigenvalue weighted by atomic mass is 10.2. The summed E-state index contributed by atoms with van der Waals surface area (Å²) in [6, 6.07) is 13.3. The van der Waals surface area contributed by atoms with E-state index in [2.05, 4.69) is 15.0 Å². The minimum absolute atomic E-state index is 0.167. The highest BCUT2D eigenvalue weighted by atomic mass is 32.2. The van der Waals surface area contributed by atoms with Crippen molar-refractivity contribution in [3.8, 4) is 11.4 Å². The summed E-state index contributed by atoms with van der Waals surface area (Å²) in [5.41, 5.74) is 2.35. The molecular formula is C19H12N4OS2. The quantitative estimate of drug-likeness (QED) is 0.510. The first-order valence-corrected chi connectivity index (χ1v) is 9.00. The molecule has 0 atom stereocenters. The Kier molecular flexibility index (Phi) is 4.55. The molecule has 0 bridgehead atoms. The van der Waals surface area contributed by atoms with E-state index < -0.39 is 0 Å². The SMILES string of the molecule is O=C1/C(=C/c2cnc(-c3ccccc3)nc2)SC(=S)N1c1cccnc1. The number of benzene rings is 1. The van der Waals surface area contributed by atoms with Crippen molar-refractivity contribution in [1.29, 1.82) is 0 Å². The molecule has 3 heterocycles. The van der Waals surface area contributed by atoms with Crippen LogP contribution in [0.25, 0.3) is 17.5 Å². The summed E-state index contributed by atoms with van der Waals surface area (Å²) in [4.78, 5) is 27.5. The standard InChI is InChI=1S/C19H12N4OS2/c24-18-16(26-19(25)23(18)15-7-4-8-20-12-15)9-13-10-21-17(22-11-13)14-5-2-1-3-6-14/h1-12H/b16-9-. The largest absolute Gasteiger partial charge is 0.270 e. The summed E-state index contributed by atoms with van der Waals surface area (Å²) < 4.78 is 0.482. The minimum Gasteiger partial charge on any atom is -0.268 e. The van der Waals surface area contributed by atoms with Crippen LogP contribution in [0.5, 0.6) is 0 Å². The number of thioether (sulfide) groups is 1. The van der Waals surface area contributed by atoms with Crippen LogP contribution < -0.4 is 4.90 Å². The van der Waals surface area contributed by atoms with E-state index in [9.17, 15) is 4.79 Å². The lowest BCUT2D eigenvalue weighted by molar-refractivity contribution is -0.113. The van der Waals surface area contributed by atoms with Crippen LogP contribution in [0.1, 0.15) is 5.56 Å². The second kappa shape index (κ2) is 7.15. The highest BCUT2D eigenvalue weighted by molar-refractivity contribution is 8.27. The summed E-state index contributed by atoms with van der Waals surface area (Å²) in [6.07, 6.45) is 8.43. The molecule has 5 nitrogen and oxygen atoms in total. The lowest BCUT2D eigenvalue weighted by Gasteiger charge is -2.13. The Morgan fingerprint density at radius 3 is 2.46 bits per heavy atom. The summed E-state index contributed by atoms with van der Waals surface area (Å²) in [7, 11) is 0. The Hall–Kier alpha value is -2.90. The van der Waals surface area contributed by atoms with Gasteiger partial charge in [0.2, 0.25) is 0 Å². The third kappa shape index (κ3) is 3.26. The van der Waals surface area contributed by atoms with E-state index in [1.54, 1.807) is 43.0 Å². The molecule has 0 N–H and O–H groups in total. The number of pyridine rings is 1. The van der Waals surface area contributed by atoms with Gasteiger partial charge in [0.05, 0.1) is 16.8 Å². The normalized spacial score (nSPS) is 15.7. The number of carbonyl (C=O) groups excluding carboxylic acids is 1. The third-order valence-electron chi connectivity index (χ3n) is 3.70. The van der Waals surface area contributed by atoms with Gasteiger partial charge in [0.15, 0.2) is 10.1 Å². The smallest absolute Gasteiger partial charge is 0.268 e. The predicted octanol–water partition coefficient (Wildman–Crippen LogP) is 3.94. The maximum Gasteiger partial charge on any atom is 0.270 e. The van der Waals surface area contributed by atoms with Crippen molar-refractivity contribution >= 4 is 46.0 Å². The molecule has 0 spiro atoms. The average Bonchev–Trinajstić information content (AvgIpc) is 2.97. The minimum atomic E-state index is -0.167. The molecule has 3 aromatic rings. The fraction of sp³-hybridized carbons (Fsp3) is 0. The van der Waals surface area contributed by atoms with Crippen molar-refractivity contribution in [1.82, 2.24) is 15.0 Å². The summed E-state index contributed by atoms with van der Waals surface area (Å²) >= 11 is 6.60. The molecule has 1 amide bonds.